The average molecular weight is 232 g/mol. The monoisotopic (exact) mass is 232 g/mol. The van der Waals surface area contributed by atoms with Crippen LogP contribution in [0.15, 0.2) is 0 Å². The molecule has 0 amide bonds. The van der Waals surface area contributed by atoms with Crippen LogP contribution >= 0.6 is 0 Å². The smallest absolute Gasteiger partial charge is 0.0926 e. The molecule has 0 aromatic heterocycles. The van der Waals surface area contributed by atoms with E-state index in [4.69, 9.17) is 9.47 Å². The largest absolute Gasteiger partial charge is 0.370 e. The van der Waals surface area contributed by atoms with Crippen molar-refractivity contribution in [1.29, 1.82) is 0 Å². The van der Waals surface area contributed by atoms with Crippen molar-refractivity contribution in [2.24, 2.45) is 35.5 Å². The van der Waals surface area contributed by atoms with Crippen LogP contribution in [-0.4, -0.2) is 23.9 Å². The Morgan fingerprint density at radius 2 is 1.59 bits per heavy atom. The lowest BCUT2D eigenvalue weighted by molar-refractivity contribution is 0.0436. The predicted molar refractivity (Wildman–Crippen MR) is 61.3 cm³/mol. The Bertz CT molecular complexity index is 419. The number of epoxide rings is 2. The van der Waals surface area contributed by atoms with E-state index in [2.05, 4.69) is 6.92 Å². The second-order valence-electron chi connectivity index (χ2n) is 7.87. The van der Waals surface area contributed by atoms with Crippen LogP contribution in [0.5, 0.6) is 0 Å². The van der Waals surface area contributed by atoms with Crippen LogP contribution in [0.3, 0.4) is 0 Å². The number of fused-ring (bicyclic) bond motifs is 11. The first-order chi connectivity index (χ1) is 8.24. The van der Waals surface area contributed by atoms with E-state index in [1.165, 1.54) is 19.3 Å². The van der Waals surface area contributed by atoms with Crippen LogP contribution in [-0.2, 0) is 9.47 Å². The maximum atomic E-state index is 5.99. The highest BCUT2D eigenvalue weighted by Crippen LogP contribution is 2.73. The van der Waals surface area contributed by atoms with Crippen LogP contribution in [0.4, 0.5) is 0 Å². The van der Waals surface area contributed by atoms with Crippen molar-refractivity contribution < 1.29 is 9.47 Å². The molecule has 10 atom stereocenters. The summed E-state index contributed by atoms with van der Waals surface area (Å²) in [6, 6.07) is 0. The van der Waals surface area contributed by atoms with Gasteiger partial charge in [-0.3, -0.25) is 0 Å². The van der Waals surface area contributed by atoms with Crippen molar-refractivity contribution in [2.45, 2.75) is 56.5 Å². The summed E-state index contributed by atoms with van der Waals surface area (Å²) in [4.78, 5) is 0. The molecule has 0 radical (unpaired) electrons. The van der Waals surface area contributed by atoms with Crippen LogP contribution in [0.25, 0.3) is 0 Å². The summed E-state index contributed by atoms with van der Waals surface area (Å²) in [5, 5.41) is 0. The van der Waals surface area contributed by atoms with Gasteiger partial charge in [0, 0.05) is 0 Å². The van der Waals surface area contributed by atoms with E-state index in [0.717, 1.165) is 35.5 Å². The molecular weight excluding hydrogens is 212 g/mol. The lowest BCUT2D eigenvalue weighted by Gasteiger charge is -2.40. The van der Waals surface area contributed by atoms with Gasteiger partial charge in [0.2, 0.25) is 0 Å². The van der Waals surface area contributed by atoms with Crippen LogP contribution < -0.4 is 0 Å². The van der Waals surface area contributed by atoms with Crippen LogP contribution in [0.2, 0.25) is 0 Å². The standard InChI is InChI=1S/C15H20O2/c1-15-5-10-6-2-9(13(10)14(15)17-15)8-4-12-11(16-12)3-7(6)8/h6-14H,2-5H2,1H3/t6-,7+,8+,9+,10+,11+,12-,13-,14+,15-/m1/s1. The molecule has 6 aliphatic rings. The van der Waals surface area contributed by atoms with Crippen LogP contribution in [0.1, 0.15) is 32.6 Å². The second kappa shape index (κ2) is 2.34. The molecule has 0 aromatic carbocycles. The zero-order chi connectivity index (χ0) is 10.9. The summed E-state index contributed by atoms with van der Waals surface area (Å²) in [6.07, 6.45) is 7.72. The van der Waals surface area contributed by atoms with Gasteiger partial charge in [0.15, 0.2) is 0 Å². The lowest BCUT2D eigenvalue weighted by Crippen LogP contribution is -2.38. The average Bonchev–Trinajstić information content (AvgIpc) is 3.07. The predicted octanol–water partition coefficient (Wildman–Crippen LogP) is 2.22. The summed E-state index contributed by atoms with van der Waals surface area (Å²) in [5.41, 5.74) is 0.319. The van der Waals surface area contributed by atoms with E-state index >= 15 is 0 Å². The molecule has 0 aromatic rings. The van der Waals surface area contributed by atoms with E-state index in [9.17, 15) is 0 Å². The molecule has 2 heterocycles. The SMILES string of the molecule is C[C@@]12C[C@H]3[C@@H]4C[C@@H]([C@H]5C[C@H]6O[C@H]6C[C@@H]45)[C@H]3[C@@H]1O2. The van der Waals surface area contributed by atoms with Gasteiger partial charge in [-0.25, -0.2) is 0 Å². The minimum atomic E-state index is 0.319. The Morgan fingerprint density at radius 3 is 2.41 bits per heavy atom. The van der Waals surface area contributed by atoms with Crippen molar-refractivity contribution in [3.8, 4) is 0 Å². The molecular formula is C15H20O2. The number of hydrogen-bond donors (Lipinski definition) is 0. The number of hydrogen-bond acceptors (Lipinski definition) is 2. The summed E-state index contributed by atoms with van der Waals surface area (Å²) in [7, 11) is 0. The van der Waals surface area contributed by atoms with Gasteiger partial charge in [0.25, 0.3) is 0 Å². The molecule has 4 saturated carbocycles. The third-order valence-electron chi connectivity index (χ3n) is 7.36. The van der Waals surface area contributed by atoms with E-state index in [1.807, 2.05) is 0 Å². The summed E-state index contributed by atoms with van der Waals surface area (Å²) < 4.78 is 11.8. The topological polar surface area (TPSA) is 25.1 Å². The Balaban J connectivity index is 1.41. The zero-order valence-electron chi connectivity index (χ0n) is 10.3. The van der Waals surface area contributed by atoms with Crippen molar-refractivity contribution in [2.75, 3.05) is 0 Å². The Hall–Kier alpha value is -0.0800. The Labute approximate surface area is 102 Å². The molecule has 2 nitrogen and oxygen atoms in total. The van der Waals surface area contributed by atoms with Crippen molar-refractivity contribution in [3.05, 3.63) is 0 Å². The van der Waals surface area contributed by atoms with Gasteiger partial charge in [-0.2, -0.15) is 0 Å². The van der Waals surface area contributed by atoms with Crippen LogP contribution in [0, 0.1) is 35.5 Å². The zero-order valence-corrected chi connectivity index (χ0v) is 10.3. The summed E-state index contributed by atoms with van der Waals surface area (Å²) >= 11 is 0. The fourth-order valence-corrected chi connectivity index (χ4v) is 6.78. The first kappa shape index (κ1) is 8.92. The van der Waals surface area contributed by atoms with Gasteiger partial charge in [-0.15, -0.1) is 0 Å². The third-order valence-corrected chi connectivity index (χ3v) is 7.36. The van der Waals surface area contributed by atoms with Gasteiger partial charge in [0.1, 0.15) is 0 Å². The minimum absolute atomic E-state index is 0.319. The van der Waals surface area contributed by atoms with E-state index < -0.39 is 0 Å². The maximum absolute atomic E-state index is 5.99. The molecule has 17 heavy (non-hydrogen) atoms. The van der Waals surface area contributed by atoms with E-state index in [0.29, 0.717) is 23.9 Å². The van der Waals surface area contributed by atoms with Crippen molar-refractivity contribution in [1.82, 2.24) is 0 Å². The molecule has 92 valence electrons. The molecule has 6 fully saturated rings. The van der Waals surface area contributed by atoms with Gasteiger partial charge in [0.05, 0.1) is 23.9 Å². The van der Waals surface area contributed by atoms with Crippen molar-refractivity contribution in [3.63, 3.8) is 0 Å². The highest BCUT2D eigenvalue weighted by atomic mass is 16.6. The molecule has 2 aliphatic heterocycles. The lowest BCUT2D eigenvalue weighted by atomic mass is 9.64. The van der Waals surface area contributed by atoms with Gasteiger partial charge in [-0.1, -0.05) is 0 Å². The maximum Gasteiger partial charge on any atom is 0.0926 e. The van der Waals surface area contributed by atoms with Gasteiger partial charge < -0.3 is 9.47 Å². The second-order valence-corrected chi connectivity index (χ2v) is 7.87. The molecule has 0 N–H and O–H groups in total. The third kappa shape index (κ3) is 0.859. The molecule has 2 heteroatoms. The molecule has 2 bridgehead atoms. The van der Waals surface area contributed by atoms with E-state index in [1.54, 1.807) is 6.42 Å². The van der Waals surface area contributed by atoms with Gasteiger partial charge in [-0.05, 0) is 68.1 Å². The molecule has 4 aliphatic carbocycles. The quantitative estimate of drug-likeness (QED) is 0.598. The summed E-state index contributed by atoms with van der Waals surface area (Å²) in [6.45, 7) is 2.36. The van der Waals surface area contributed by atoms with E-state index in [-0.39, 0.29) is 0 Å². The molecule has 6 rings (SSSR count). The summed E-state index contributed by atoms with van der Waals surface area (Å²) in [5.74, 6) is 6.08. The van der Waals surface area contributed by atoms with Crippen molar-refractivity contribution >= 4 is 0 Å². The Morgan fingerprint density at radius 1 is 0.882 bits per heavy atom. The first-order valence-electron chi connectivity index (χ1n) is 7.58. The normalized spacial score (nSPS) is 77.1. The molecule has 2 saturated heterocycles. The highest BCUT2D eigenvalue weighted by molar-refractivity contribution is 5.22. The number of ether oxygens (including phenoxy) is 2. The number of rotatable bonds is 0. The fourth-order valence-electron chi connectivity index (χ4n) is 6.78. The fraction of sp³-hybridized carbons (Fsp3) is 1.00. The minimum Gasteiger partial charge on any atom is -0.370 e. The van der Waals surface area contributed by atoms with Gasteiger partial charge >= 0.3 is 0 Å². The molecule has 0 spiro atoms. The Kier molecular flexibility index (Phi) is 1.23. The first-order valence-corrected chi connectivity index (χ1v) is 7.58. The molecule has 0 unspecified atom stereocenters. The highest BCUT2D eigenvalue weighted by Gasteiger charge is 2.74.